The van der Waals surface area contributed by atoms with E-state index in [1.54, 1.807) is 37.6 Å². The van der Waals surface area contributed by atoms with Gasteiger partial charge in [0.15, 0.2) is 0 Å². The second-order valence-corrected chi connectivity index (χ2v) is 4.76. The predicted molar refractivity (Wildman–Crippen MR) is 85.5 cm³/mol. The molecule has 110 valence electrons. The molecule has 5 nitrogen and oxygen atoms in total. The van der Waals surface area contributed by atoms with Crippen molar-refractivity contribution >= 4 is 5.82 Å². The first-order valence-corrected chi connectivity index (χ1v) is 6.74. The quantitative estimate of drug-likeness (QED) is 0.775. The Labute approximate surface area is 128 Å². The summed E-state index contributed by atoms with van der Waals surface area (Å²) >= 11 is 0. The van der Waals surface area contributed by atoms with E-state index in [2.05, 4.69) is 9.97 Å². The SMILES string of the molecule is COc1ccc(-c2nc(-c3ccc(O)cc3)cnc2N)cc1. The lowest BCUT2D eigenvalue weighted by molar-refractivity contribution is 0.415. The van der Waals surface area contributed by atoms with Gasteiger partial charge >= 0.3 is 0 Å². The van der Waals surface area contributed by atoms with E-state index in [9.17, 15) is 5.11 Å². The molecule has 2 aromatic carbocycles. The monoisotopic (exact) mass is 293 g/mol. The lowest BCUT2D eigenvalue weighted by Gasteiger charge is -2.08. The molecule has 0 radical (unpaired) electrons. The van der Waals surface area contributed by atoms with Gasteiger partial charge in [-0.3, -0.25) is 0 Å². The van der Waals surface area contributed by atoms with Crippen molar-refractivity contribution in [3.63, 3.8) is 0 Å². The second kappa shape index (κ2) is 5.73. The number of nitrogens with two attached hydrogens (primary N) is 1. The zero-order valence-electron chi connectivity index (χ0n) is 12.0. The minimum absolute atomic E-state index is 0.211. The maximum Gasteiger partial charge on any atom is 0.150 e. The van der Waals surface area contributed by atoms with Crippen LogP contribution in [0.3, 0.4) is 0 Å². The summed E-state index contributed by atoms with van der Waals surface area (Å²) in [6.07, 6.45) is 1.62. The van der Waals surface area contributed by atoms with Crippen molar-refractivity contribution in [1.29, 1.82) is 0 Å². The van der Waals surface area contributed by atoms with Crippen molar-refractivity contribution in [2.45, 2.75) is 0 Å². The summed E-state index contributed by atoms with van der Waals surface area (Å²) in [5, 5.41) is 9.36. The van der Waals surface area contributed by atoms with Crippen LogP contribution in [0.15, 0.2) is 54.7 Å². The van der Waals surface area contributed by atoms with Crippen LogP contribution in [-0.2, 0) is 0 Å². The smallest absolute Gasteiger partial charge is 0.150 e. The third-order valence-corrected chi connectivity index (χ3v) is 3.33. The van der Waals surface area contributed by atoms with E-state index in [0.717, 1.165) is 16.9 Å². The Morgan fingerprint density at radius 1 is 0.955 bits per heavy atom. The van der Waals surface area contributed by atoms with Gasteiger partial charge in [-0.05, 0) is 48.5 Å². The van der Waals surface area contributed by atoms with E-state index in [-0.39, 0.29) is 5.75 Å². The second-order valence-electron chi connectivity index (χ2n) is 4.76. The minimum Gasteiger partial charge on any atom is -0.508 e. The largest absolute Gasteiger partial charge is 0.508 e. The predicted octanol–water partition coefficient (Wildman–Crippen LogP) is 3.11. The normalized spacial score (nSPS) is 10.4. The van der Waals surface area contributed by atoms with Crippen LogP contribution in [0.2, 0.25) is 0 Å². The van der Waals surface area contributed by atoms with Gasteiger partial charge in [0, 0.05) is 11.1 Å². The highest BCUT2D eigenvalue weighted by molar-refractivity contribution is 5.73. The number of rotatable bonds is 3. The number of aromatic nitrogens is 2. The topological polar surface area (TPSA) is 81.3 Å². The molecule has 0 saturated heterocycles. The van der Waals surface area contributed by atoms with Gasteiger partial charge < -0.3 is 15.6 Å². The molecule has 5 heteroatoms. The molecule has 0 aliphatic rings. The first-order valence-electron chi connectivity index (χ1n) is 6.74. The highest BCUT2D eigenvalue weighted by atomic mass is 16.5. The number of phenolic OH excluding ortho intramolecular Hbond substituents is 1. The Balaban J connectivity index is 2.04. The van der Waals surface area contributed by atoms with Crippen LogP contribution in [0.5, 0.6) is 11.5 Å². The first-order chi connectivity index (χ1) is 10.7. The zero-order chi connectivity index (χ0) is 15.5. The van der Waals surface area contributed by atoms with Gasteiger partial charge in [-0.2, -0.15) is 0 Å². The van der Waals surface area contributed by atoms with Crippen molar-refractivity contribution in [2.24, 2.45) is 0 Å². The number of nitrogens with zero attached hydrogens (tertiary/aromatic N) is 2. The molecule has 0 spiro atoms. The molecule has 22 heavy (non-hydrogen) atoms. The van der Waals surface area contributed by atoms with Crippen LogP contribution in [0.4, 0.5) is 5.82 Å². The van der Waals surface area contributed by atoms with Gasteiger partial charge in [-0.25, -0.2) is 9.97 Å². The summed E-state index contributed by atoms with van der Waals surface area (Å²) in [5.41, 5.74) is 8.99. The molecule has 0 unspecified atom stereocenters. The van der Waals surface area contributed by atoms with Crippen molar-refractivity contribution in [2.75, 3.05) is 12.8 Å². The molecule has 0 saturated carbocycles. The van der Waals surface area contributed by atoms with E-state index in [1.165, 1.54) is 0 Å². The summed E-state index contributed by atoms with van der Waals surface area (Å²) in [4.78, 5) is 8.81. The van der Waals surface area contributed by atoms with E-state index >= 15 is 0 Å². The van der Waals surface area contributed by atoms with Crippen molar-refractivity contribution in [1.82, 2.24) is 9.97 Å². The minimum atomic E-state index is 0.211. The summed E-state index contributed by atoms with van der Waals surface area (Å²) < 4.78 is 5.15. The van der Waals surface area contributed by atoms with E-state index < -0.39 is 0 Å². The van der Waals surface area contributed by atoms with Gasteiger partial charge in [-0.1, -0.05) is 0 Å². The number of aromatic hydroxyl groups is 1. The molecule has 3 rings (SSSR count). The standard InChI is InChI=1S/C17H15N3O2/c1-22-14-8-4-12(5-9-14)16-17(18)19-10-15(20-16)11-2-6-13(21)7-3-11/h2-10,21H,1H3,(H2,18,19). The van der Waals surface area contributed by atoms with E-state index in [4.69, 9.17) is 10.5 Å². The van der Waals surface area contributed by atoms with Crippen LogP contribution in [0.25, 0.3) is 22.5 Å². The Morgan fingerprint density at radius 2 is 1.59 bits per heavy atom. The van der Waals surface area contributed by atoms with Crippen LogP contribution in [0.1, 0.15) is 0 Å². The number of benzene rings is 2. The lowest BCUT2D eigenvalue weighted by atomic mass is 10.1. The van der Waals surface area contributed by atoms with Gasteiger partial charge in [0.2, 0.25) is 0 Å². The Bertz CT molecular complexity index is 784. The zero-order valence-corrected chi connectivity index (χ0v) is 12.0. The maximum atomic E-state index is 9.36. The average molecular weight is 293 g/mol. The third-order valence-electron chi connectivity index (χ3n) is 3.33. The van der Waals surface area contributed by atoms with Gasteiger partial charge in [-0.15, -0.1) is 0 Å². The molecular weight excluding hydrogens is 278 g/mol. The summed E-state index contributed by atoms with van der Waals surface area (Å²) in [6, 6.07) is 14.3. The van der Waals surface area contributed by atoms with Crippen molar-refractivity contribution in [3.8, 4) is 34.0 Å². The Morgan fingerprint density at radius 3 is 2.23 bits per heavy atom. The van der Waals surface area contributed by atoms with E-state index in [1.807, 2.05) is 24.3 Å². The maximum absolute atomic E-state index is 9.36. The van der Waals surface area contributed by atoms with Gasteiger partial charge in [0.1, 0.15) is 23.0 Å². The molecule has 1 heterocycles. The molecule has 0 aliphatic heterocycles. The molecule has 0 atom stereocenters. The molecule has 1 aromatic heterocycles. The van der Waals surface area contributed by atoms with Crippen LogP contribution in [-0.4, -0.2) is 22.2 Å². The summed E-state index contributed by atoms with van der Waals surface area (Å²) in [7, 11) is 1.62. The molecule has 0 amide bonds. The number of anilines is 1. The fourth-order valence-corrected chi connectivity index (χ4v) is 2.13. The molecule has 0 bridgehead atoms. The molecule has 3 aromatic rings. The molecule has 0 fully saturated rings. The number of hydrogen-bond donors (Lipinski definition) is 2. The number of phenols is 1. The number of nitrogen functional groups attached to an aromatic ring is 1. The van der Waals surface area contributed by atoms with Crippen LogP contribution in [0, 0.1) is 0 Å². The Hall–Kier alpha value is -3.08. The number of ether oxygens (including phenoxy) is 1. The Kier molecular flexibility index (Phi) is 3.62. The van der Waals surface area contributed by atoms with Crippen LogP contribution < -0.4 is 10.5 Å². The molecule has 3 N–H and O–H groups in total. The number of methoxy groups -OCH3 is 1. The van der Waals surface area contributed by atoms with Crippen molar-refractivity contribution in [3.05, 3.63) is 54.7 Å². The van der Waals surface area contributed by atoms with Gasteiger partial charge in [0.25, 0.3) is 0 Å². The highest BCUT2D eigenvalue weighted by Gasteiger charge is 2.09. The summed E-state index contributed by atoms with van der Waals surface area (Å²) in [6.45, 7) is 0. The fourth-order valence-electron chi connectivity index (χ4n) is 2.13. The summed E-state index contributed by atoms with van der Waals surface area (Å²) in [5.74, 6) is 1.35. The molecule has 0 aliphatic carbocycles. The highest BCUT2D eigenvalue weighted by Crippen LogP contribution is 2.27. The first kappa shape index (κ1) is 13.9. The van der Waals surface area contributed by atoms with E-state index in [0.29, 0.717) is 17.2 Å². The number of hydrogen-bond acceptors (Lipinski definition) is 5. The lowest BCUT2D eigenvalue weighted by Crippen LogP contribution is -1.99. The van der Waals surface area contributed by atoms with Crippen molar-refractivity contribution < 1.29 is 9.84 Å². The molecular formula is C17H15N3O2. The third kappa shape index (κ3) is 2.69. The van der Waals surface area contributed by atoms with Gasteiger partial charge in [0.05, 0.1) is 19.0 Å². The average Bonchev–Trinajstić information content (AvgIpc) is 2.56. The van der Waals surface area contributed by atoms with Crippen LogP contribution >= 0.6 is 0 Å². The fraction of sp³-hybridized carbons (Fsp3) is 0.0588.